The molecule has 0 radical (unpaired) electrons. The lowest BCUT2D eigenvalue weighted by atomic mass is 9.75. The lowest BCUT2D eigenvalue weighted by molar-refractivity contribution is -0.128. The van der Waals surface area contributed by atoms with Crippen molar-refractivity contribution in [1.82, 2.24) is 5.32 Å². The molecule has 5 heteroatoms. The molecule has 0 bridgehead atoms. The Hall–Kier alpha value is -2.04. The molecule has 126 valence electrons. The summed E-state index contributed by atoms with van der Waals surface area (Å²) in [6, 6.07) is 7.30. The number of alkyl carbamates (subject to hydrolysis) is 1. The Labute approximate surface area is 137 Å². The first kappa shape index (κ1) is 17.3. The quantitative estimate of drug-likeness (QED) is 0.925. The second-order valence-electron chi connectivity index (χ2n) is 6.89. The van der Waals surface area contributed by atoms with E-state index in [2.05, 4.69) is 5.32 Å². The Balaban J connectivity index is 2.36. The second kappa shape index (κ2) is 6.60. The molecule has 0 aromatic heterocycles. The smallest absolute Gasteiger partial charge is 0.408 e. The lowest BCUT2D eigenvalue weighted by Crippen LogP contribution is -2.54. The van der Waals surface area contributed by atoms with Gasteiger partial charge in [0.2, 0.25) is 0 Å². The molecule has 1 N–H and O–H groups in total. The summed E-state index contributed by atoms with van der Waals surface area (Å²) in [7, 11) is 1.58. The van der Waals surface area contributed by atoms with Crippen LogP contribution in [0.4, 0.5) is 4.79 Å². The van der Waals surface area contributed by atoms with E-state index < -0.39 is 17.2 Å². The van der Waals surface area contributed by atoms with Crippen LogP contribution in [0.2, 0.25) is 0 Å². The largest absolute Gasteiger partial charge is 0.497 e. The number of benzene rings is 1. The highest BCUT2D eigenvalue weighted by Crippen LogP contribution is 2.36. The first-order valence-corrected chi connectivity index (χ1v) is 7.96. The highest BCUT2D eigenvalue weighted by molar-refractivity contribution is 5.93. The van der Waals surface area contributed by atoms with Gasteiger partial charge in [-0.05, 0) is 57.7 Å². The molecule has 1 amide bonds. The summed E-state index contributed by atoms with van der Waals surface area (Å²) in [5.41, 5.74) is -0.903. The Bertz CT molecular complexity index is 591. The van der Waals surface area contributed by atoms with Crippen LogP contribution in [0.25, 0.3) is 0 Å². The number of hydrogen-bond acceptors (Lipinski definition) is 4. The maximum Gasteiger partial charge on any atom is 0.408 e. The third-order valence-electron chi connectivity index (χ3n) is 3.96. The Kier molecular flexibility index (Phi) is 4.97. The number of methoxy groups -OCH3 is 1. The van der Waals surface area contributed by atoms with Gasteiger partial charge in [0.25, 0.3) is 0 Å². The number of amides is 1. The SMILES string of the molecule is COc1cccc(C2(NC(=O)OC(C)(C)C)CCCCC2=O)c1. The fourth-order valence-electron chi connectivity index (χ4n) is 2.90. The van der Waals surface area contributed by atoms with Crippen LogP contribution in [0.5, 0.6) is 5.75 Å². The Morgan fingerprint density at radius 3 is 2.61 bits per heavy atom. The van der Waals surface area contributed by atoms with Crippen LogP contribution in [-0.4, -0.2) is 24.6 Å². The summed E-state index contributed by atoms with van der Waals surface area (Å²) < 4.78 is 10.6. The van der Waals surface area contributed by atoms with E-state index in [4.69, 9.17) is 9.47 Å². The van der Waals surface area contributed by atoms with Gasteiger partial charge in [-0.15, -0.1) is 0 Å². The number of ketones is 1. The first-order valence-electron chi connectivity index (χ1n) is 7.96. The monoisotopic (exact) mass is 319 g/mol. The number of hydrogen-bond donors (Lipinski definition) is 1. The molecule has 0 aliphatic heterocycles. The van der Waals surface area contributed by atoms with Crippen LogP contribution >= 0.6 is 0 Å². The normalized spacial score (nSPS) is 21.7. The van der Waals surface area contributed by atoms with E-state index in [0.29, 0.717) is 18.6 Å². The summed E-state index contributed by atoms with van der Waals surface area (Å²) in [5, 5.41) is 2.84. The fraction of sp³-hybridized carbons (Fsp3) is 0.556. The minimum absolute atomic E-state index is 0.0165. The van der Waals surface area contributed by atoms with Gasteiger partial charge >= 0.3 is 6.09 Å². The van der Waals surface area contributed by atoms with Crippen molar-refractivity contribution in [3.8, 4) is 5.75 Å². The molecule has 2 rings (SSSR count). The molecule has 1 saturated carbocycles. The number of carbonyl (C=O) groups is 2. The molecule has 0 spiro atoms. The van der Waals surface area contributed by atoms with E-state index in [1.807, 2.05) is 18.2 Å². The summed E-state index contributed by atoms with van der Waals surface area (Å²) in [5.74, 6) is 0.675. The first-order chi connectivity index (χ1) is 10.8. The van der Waals surface area contributed by atoms with E-state index in [0.717, 1.165) is 18.4 Å². The minimum Gasteiger partial charge on any atom is -0.497 e. The Morgan fingerprint density at radius 2 is 2.00 bits per heavy atom. The summed E-state index contributed by atoms with van der Waals surface area (Å²) >= 11 is 0. The lowest BCUT2D eigenvalue weighted by Gasteiger charge is -2.37. The van der Waals surface area contributed by atoms with Crippen LogP contribution < -0.4 is 10.1 Å². The third kappa shape index (κ3) is 4.03. The predicted molar refractivity (Wildman–Crippen MR) is 87.5 cm³/mol. The average molecular weight is 319 g/mol. The summed E-state index contributed by atoms with van der Waals surface area (Å²) in [4.78, 5) is 25.0. The second-order valence-corrected chi connectivity index (χ2v) is 6.89. The zero-order chi connectivity index (χ0) is 17.1. The van der Waals surface area contributed by atoms with Crippen LogP contribution in [0.15, 0.2) is 24.3 Å². The van der Waals surface area contributed by atoms with E-state index in [1.165, 1.54) is 0 Å². The van der Waals surface area contributed by atoms with Gasteiger partial charge in [-0.2, -0.15) is 0 Å². The van der Waals surface area contributed by atoms with Crippen molar-refractivity contribution in [3.05, 3.63) is 29.8 Å². The molecule has 1 aromatic rings. The van der Waals surface area contributed by atoms with Crippen molar-refractivity contribution in [3.63, 3.8) is 0 Å². The van der Waals surface area contributed by atoms with Crippen molar-refractivity contribution in [2.24, 2.45) is 0 Å². The molecule has 1 unspecified atom stereocenters. The van der Waals surface area contributed by atoms with Gasteiger partial charge in [-0.25, -0.2) is 4.79 Å². The predicted octanol–water partition coefficient (Wildman–Crippen LogP) is 3.56. The van der Waals surface area contributed by atoms with Gasteiger partial charge in [-0.3, -0.25) is 4.79 Å². The van der Waals surface area contributed by atoms with Gasteiger partial charge < -0.3 is 14.8 Å². The summed E-state index contributed by atoms with van der Waals surface area (Å²) in [6.45, 7) is 5.40. The Morgan fingerprint density at radius 1 is 1.26 bits per heavy atom. The molecule has 0 saturated heterocycles. The van der Waals surface area contributed by atoms with Gasteiger partial charge in [-0.1, -0.05) is 12.1 Å². The van der Waals surface area contributed by atoms with E-state index in [9.17, 15) is 9.59 Å². The number of rotatable bonds is 3. The van der Waals surface area contributed by atoms with E-state index in [1.54, 1.807) is 33.9 Å². The van der Waals surface area contributed by atoms with Crippen molar-refractivity contribution in [2.45, 2.75) is 57.6 Å². The average Bonchev–Trinajstić information content (AvgIpc) is 2.48. The van der Waals surface area contributed by atoms with Crippen LogP contribution in [-0.2, 0) is 15.1 Å². The fourth-order valence-corrected chi connectivity index (χ4v) is 2.90. The van der Waals surface area contributed by atoms with E-state index >= 15 is 0 Å². The topological polar surface area (TPSA) is 64.6 Å². The number of carbonyl (C=O) groups excluding carboxylic acids is 2. The van der Waals surface area contributed by atoms with Crippen LogP contribution in [0.3, 0.4) is 0 Å². The van der Waals surface area contributed by atoms with Crippen molar-refractivity contribution < 1.29 is 19.1 Å². The zero-order valence-electron chi connectivity index (χ0n) is 14.3. The summed E-state index contributed by atoms with van der Waals surface area (Å²) in [6.07, 6.45) is 2.17. The molecule has 23 heavy (non-hydrogen) atoms. The van der Waals surface area contributed by atoms with Crippen LogP contribution in [0.1, 0.15) is 52.0 Å². The maximum absolute atomic E-state index is 12.7. The maximum atomic E-state index is 12.7. The van der Waals surface area contributed by atoms with Crippen molar-refractivity contribution >= 4 is 11.9 Å². The molecule has 1 aromatic carbocycles. The third-order valence-corrected chi connectivity index (χ3v) is 3.96. The molecular weight excluding hydrogens is 294 g/mol. The molecular formula is C18H25NO4. The van der Waals surface area contributed by atoms with Crippen molar-refractivity contribution in [1.29, 1.82) is 0 Å². The van der Waals surface area contributed by atoms with E-state index in [-0.39, 0.29) is 5.78 Å². The van der Waals surface area contributed by atoms with Gasteiger partial charge in [0.1, 0.15) is 16.9 Å². The molecule has 1 atom stereocenters. The highest BCUT2D eigenvalue weighted by Gasteiger charge is 2.43. The van der Waals surface area contributed by atoms with Gasteiger partial charge in [0.15, 0.2) is 5.78 Å². The minimum atomic E-state index is -1.03. The number of nitrogens with one attached hydrogen (secondary N) is 1. The van der Waals surface area contributed by atoms with Gasteiger partial charge in [0.05, 0.1) is 7.11 Å². The van der Waals surface area contributed by atoms with Crippen LogP contribution in [0, 0.1) is 0 Å². The molecule has 5 nitrogen and oxygen atoms in total. The molecule has 1 aliphatic rings. The highest BCUT2D eigenvalue weighted by atomic mass is 16.6. The zero-order valence-corrected chi connectivity index (χ0v) is 14.3. The van der Waals surface area contributed by atoms with Crippen molar-refractivity contribution in [2.75, 3.05) is 7.11 Å². The molecule has 0 heterocycles. The van der Waals surface area contributed by atoms with Gasteiger partial charge in [0, 0.05) is 6.42 Å². The standard InChI is InChI=1S/C18H25NO4/c1-17(2,3)23-16(21)19-18(11-6-5-10-15(18)20)13-8-7-9-14(12-13)22-4/h7-9,12H,5-6,10-11H2,1-4H3,(H,19,21). The molecule has 1 aliphatic carbocycles. The number of Topliss-reactive ketones (excluding diaryl/α,β-unsaturated/α-hetero) is 1. The number of ether oxygens (including phenoxy) is 2. The molecule has 1 fully saturated rings.